The number of rotatable bonds is 1. The topological polar surface area (TPSA) is 70.1 Å². The number of aromatic nitrogens is 2. The highest BCUT2D eigenvalue weighted by Crippen LogP contribution is 2.19. The molecule has 5 nitrogen and oxygen atoms in total. The van der Waals surface area contributed by atoms with Gasteiger partial charge in [-0.3, -0.25) is 0 Å². The van der Waals surface area contributed by atoms with E-state index in [2.05, 4.69) is 4.98 Å². The molecule has 0 bridgehead atoms. The van der Waals surface area contributed by atoms with Gasteiger partial charge in [-0.05, 0) is 45.4 Å². The summed E-state index contributed by atoms with van der Waals surface area (Å²) < 4.78 is 6.74. The van der Waals surface area contributed by atoms with E-state index in [9.17, 15) is 4.79 Å². The molecule has 0 aromatic carbocycles. The van der Waals surface area contributed by atoms with Gasteiger partial charge < -0.3 is 10.5 Å². The lowest BCUT2D eigenvalue weighted by Gasteiger charge is -2.19. The molecule has 0 amide bonds. The normalized spacial score (nSPS) is 13.5. The Morgan fingerprint density at radius 2 is 2.16 bits per heavy atom. The maximum atomic E-state index is 12.0. The standard InChI is InChI=1S/C14H19N3O2/c1-9(15)11-7-10-5-6-17(12(10)16-8-11)13(18)19-14(2,3)4/h5-9H,15H2,1-4H3/t9-/m1/s1. The molecule has 0 saturated heterocycles. The summed E-state index contributed by atoms with van der Waals surface area (Å²) in [6.07, 6.45) is 2.92. The van der Waals surface area contributed by atoms with E-state index in [0.717, 1.165) is 10.9 Å². The number of carbonyl (C=O) groups excluding carboxylic acids is 1. The van der Waals surface area contributed by atoms with Crippen molar-refractivity contribution in [3.8, 4) is 0 Å². The third kappa shape index (κ3) is 2.93. The third-order valence-corrected chi connectivity index (χ3v) is 2.66. The van der Waals surface area contributed by atoms with Crippen molar-refractivity contribution in [1.29, 1.82) is 0 Å². The molecule has 0 aliphatic heterocycles. The highest BCUT2D eigenvalue weighted by Gasteiger charge is 2.19. The molecule has 102 valence electrons. The van der Waals surface area contributed by atoms with Crippen LogP contribution in [0.1, 0.15) is 39.3 Å². The predicted octanol–water partition coefficient (Wildman–Crippen LogP) is 2.84. The average Bonchev–Trinajstić information content (AvgIpc) is 2.68. The van der Waals surface area contributed by atoms with E-state index in [1.807, 2.05) is 39.8 Å². The fourth-order valence-electron chi connectivity index (χ4n) is 1.75. The second-order valence-corrected chi connectivity index (χ2v) is 5.64. The molecule has 0 unspecified atom stereocenters. The van der Waals surface area contributed by atoms with Gasteiger partial charge >= 0.3 is 6.09 Å². The fraction of sp³-hybridized carbons (Fsp3) is 0.429. The van der Waals surface area contributed by atoms with Gasteiger partial charge in [-0.15, -0.1) is 0 Å². The Kier molecular flexibility index (Phi) is 3.32. The Morgan fingerprint density at radius 1 is 1.47 bits per heavy atom. The molecule has 0 radical (unpaired) electrons. The minimum absolute atomic E-state index is 0.0817. The van der Waals surface area contributed by atoms with Gasteiger partial charge in [0.1, 0.15) is 11.2 Å². The van der Waals surface area contributed by atoms with Crippen molar-refractivity contribution in [2.75, 3.05) is 0 Å². The van der Waals surface area contributed by atoms with E-state index in [-0.39, 0.29) is 6.04 Å². The molecule has 0 saturated carbocycles. The summed E-state index contributed by atoms with van der Waals surface area (Å²) in [6, 6.07) is 3.69. The molecule has 0 spiro atoms. The molecule has 2 aromatic rings. The van der Waals surface area contributed by atoms with Gasteiger partial charge in [0.2, 0.25) is 0 Å². The molecule has 2 N–H and O–H groups in total. The first-order valence-electron chi connectivity index (χ1n) is 6.24. The second kappa shape index (κ2) is 4.66. The van der Waals surface area contributed by atoms with Crippen molar-refractivity contribution in [2.24, 2.45) is 5.73 Å². The van der Waals surface area contributed by atoms with E-state index in [1.54, 1.807) is 12.4 Å². The highest BCUT2D eigenvalue weighted by molar-refractivity contribution is 5.87. The van der Waals surface area contributed by atoms with E-state index < -0.39 is 11.7 Å². The molecule has 0 aliphatic carbocycles. The van der Waals surface area contributed by atoms with Gasteiger partial charge in [0, 0.05) is 23.8 Å². The van der Waals surface area contributed by atoms with Crippen LogP contribution in [-0.4, -0.2) is 21.2 Å². The van der Waals surface area contributed by atoms with Crippen LogP contribution < -0.4 is 5.73 Å². The van der Waals surface area contributed by atoms with Crippen LogP contribution >= 0.6 is 0 Å². The molecule has 19 heavy (non-hydrogen) atoms. The molecular weight excluding hydrogens is 242 g/mol. The monoisotopic (exact) mass is 261 g/mol. The smallest absolute Gasteiger partial charge is 0.420 e. The molecular formula is C14H19N3O2. The predicted molar refractivity (Wildman–Crippen MR) is 74.0 cm³/mol. The summed E-state index contributed by atoms with van der Waals surface area (Å²) in [6.45, 7) is 7.39. The zero-order valence-corrected chi connectivity index (χ0v) is 11.7. The maximum absolute atomic E-state index is 12.0. The number of nitrogens with zero attached hydrogens (tertiary/aromatic N) is 2. The van der Waals surface area contributed by atoms with Gasteiger partial charge in [-0.25, -0.2) is 14.3 Å². The van der Waals surface area contributed by atoms with E-state index in [1.165, 1.54) is 4.57 Å². The first kappa shape index (κ1) is 13.5. The van der Waals surface area contributed by atoms with E-state index >= 15 is 0 Å². The maximum Gasteiger partial charge on any atom is 0.420 e. The number of carbonyl (C=O) groups is 1. The van der Waals surface area contributed by atoms with Crippen molar-refractivity contribution in [1.82, 2.24) is 9.55 Å². The van der Waals surface area contributed by atoms with Gasteiger partial charge in [0.25, 0.3) is 0 Å². The Morgan fingerprint density at radius 3 is 2.74 bits per heavy atom. The van der Waals surface area contributed by atoms with E-state index in [4.69, 9.17) is 10.5 Å². The lowest BCUT2D eigenvalue weighted by atomic mass is 10.1. The number of hydrogen-bond acceptors (Lipinski definition) is 4. The lowest BCUT2D eigenvalue weighted by Crippen LogP contribution is -2.26. The molecule has 2 aromatic heterocycles. The van der Waals surface area contributed by atoms with Crippen LogP contribution in [0, 0.1) is 0 Å². The summed E-state index contributed by atoms with van der Waals surface area (Å²) in [7, 11) is 0. The highest BCUT2D eigenvalue weighted by atomic mass is 16.6. The second-order valence-electron chi connectivity index (χ2n) is 5.64. The minimum Gasteiger partial charge on any atom is -0.443 e. The first-order valence-corrected chi connectivity index (χ1v) is 6.24. The Bertz CT molecular complexity index is 609. The summed E-state index contributed by atoms with van der Waals surface area (Å²) in [5, 5.41) is 0.876. The zero-order chi connectivity index (χ0) is 14.2. The average molecular weight is 261 g/mol. The SMILES string of the molecule is C[C@@H](N)c1cnc2c(ccn2C(=O)OC(C)(C)C)c1. The van der Waals surface area contributed by atoms with Crippen LogP contribution in [0.25, 0.3) is 11.0 Å². The summed E-state index contributed by atoms with van der Waals surface area (Å²) >= 11 is 0. The van der Waals surface area contributed by atoms with Crippen LogP contribution in [0.15, 0.2) is 24.5 Å². The Labute approximate surface area is 112 Å². The fourth-order valence-corrected chi connectivity index (χ4v) is 1.75. The van der Waals surface area contributed by atoms with Crippen LogP contribution in [0.4, 0.5) is 4.79 Å². The van der Waals surface area contributed by atoms with Crippen LogP contribution in [-0.2, 0) is 4.74 Å². The quantitative estimate of drug-likeness (QED) is 0.857. The van der Waals surface area contributed by atoms with Crippen molar-refractivity contribution < 1.29 is 9.53 Å². The number of nitrogens with two attached hydrogens (primary N) is 1. The van der Waals surface area contributed by atoms with Gasteiger partial charge in [0.05, 0.1) is 0 Å². The van der Waals surface area contributed by atoms with Crippen LogP contribution in [0.5, 0.6) is 0 Å². The largest absolute Gasteiger partial charge is 0.443 e. The molecule has 0 aliphatic rings. The Hall–Kier alpha value is -1.88. The first-order chi connectivity index (χ1) is 8.78. The molecule has 0 fully saturated rings. The van der Waals surface area contributed by atoms with Crippen molar-refractivity contribution in [3.05, 3.63) is 30.1 Å². The number of hydrogen-bond donors (Lipinski definition) is 1. The zero-order valence-electron chi connectivity index (χ0n) is 11.7. The summed E-state index contributed by atoms with van der Waals surface area (Å²) in [5.74, 6) is 0. The van der Waals surface area contributed by atoms with Crippen LogP contribution in [0.3, 0.4) is 0 Å². The van der Waals surface area contributed by atoms with E-state index in [0.29, 0.717) is 5.65 Å². The van der Waals surface area contributed by atoms with Gasteiger partial charge in [0.15, 0.2) is 0 Å². The Balaban J connectivity index is 2.38. The van der Waals surface area contributed by atoms with Crippen molar-refractivity contribution in [3.63, 3.8) is 0 Å². The van der Waals surface area contributed by atoms with Gasteiger partial charge in [-0.2, -0.15) is 0 Å². The third-order valence-electron chi connectivity index (χ3n) is 2.66. The molecule has 2 rings (SSSR count). The number of ether oxygens (including phenoxy) is 1. The number of pyridine rings is 1. The van der Waals surface area contributed by atoms with Crippen molar-refractivity contribution >= 4 is 17.1 Å². The summed E-state index contributed by atoms with van der Waals surface area (Å²) in [4.78, 5) is 16.3. The van der Waals surface area contributed by atoms with Crippen LogP contribution in [0.2, 0.25) is 0 Å². The lowest BCUT2D eigenvalue weighted by molar-refractivity contribution is 0.0543. The van der Waals surface area contributed by atoms with Gasteiger partial charge in [-0.1, -0.05) is 0 Å². The van der Waals surface area contributed by atoms with Crippen molar-refractivity contribution in [2.45, 2.75) is 39.3 Å². The summed E-state index contributed by atoms with van der Waals surface area (Å²) in [5.41, 5.74) is 6.81. The molecule has 2 heterocycles. The minimum atomic E-state index is -0.528. The molecule has 1 atom stereocenters. The number of fused-ring (bicyclic) bond motifs is 1. The molecule has 5 heteroatoms.